The summed E-state index contributed by atoms with van der Waals surface area (Å²) in [6.45, 7) is 0. The van der Waals surface area contributed by atoms with Crippen molar-refractivity contribution in [3.05, 3.63) is 0 Å². The maximum absolute atomic E-state index is 11.0. The normalized spacial score (nSPS) is 28.7. The third kappa shape index (κ3) is 0.959. The van der Waals surface area contributed by atoms with Gasteiger partial charge in [0.25, 0.3) is 0 Å². The number of rotatable bonds is 2. The lowest BCUT2D eigenvalue weighted by Crippen LogP contribution is -2.29. The van der Waals surface area contributed by atoms with Gasteiger partial charge in [0.2, 0.25) is 0 Å². The van der Waals surface area contributed by atoms with Crippen molar-refractivity contribution >= 4 is 5.97 Å². The Kier molecular flexibility index (Phi) is 1.44. The Morgan fingerprint density at radius 3 is 2.18 bits per heavy atom. The fraction of sp³-hybridized carbons (Fsp3) is 0.889. The van der Waals surface area contributed by atoms with Crippen molar-refractivity contribution in [2.75, 3.05) is 0 Å². The summed E-state index contributed by atoms with van der Waals surface area (Å²) < 4.78 is 0. The highest BCUT2D eigenvalue weighted by molar-refractivity contribution is 5.75. The molecule has 0 bridgehead atoms. The molecule has 0 aromatic rings. The third-order valence-electron chi connectivity index (χ3n) is 3.28. The molecule has 2 aliphatic carbocycles. The molecule has 2 nitrogen and oxygen atoms in total. The van der Waals surface area contributed by atoms with Gasteiger partial charge in [0.05, 0.1) is 5.41 Å². The average molecular weight is 154 g/mol. The second-order valence-electron chi connectivity index (χ2n) is 3.94. The number of carbonyl (C=O) groups is 1. The van der Waals surface area contributed by atoms with E-state index >= 15 is 0 Å². The average Bonchev–Trinajstić information content (AvgIpc) is 2.69. The highest BCUT2D eigenvalue weighted by Gasteiger charge is 2.52. The van der Waals surface area contributed by atoms with Gasteiger partial charge in [-0.2, -0.15) is 0 Å². The predicted molar refractivity (Wildman–Crippen MR) is 41.3 cm³/mol. The maximum Gasteiger partial charge on any atom is 0.309 e. The first kappa shape index (κ1) is 7.14. The molecule has 11 heavy (non-hydrogen) atoms. The van der Waals surface area contributed by atoms with Crippen LogP contribution < -0.4 is 0 Å². The maximum atomic E-state index is 11.0. The van der Waals surface area contributed by atoms with Gasteiger partial charge in [0.1, 0.15) is 0 Å². The fourth-order valence-corrected chi connectivity index (χ4v) is 2.44. The Balaban J connectivity index is 2.17. The Morgan fingerprint density at radius 1 is 1.27 bits per heavy atom. The van der Waals surface area contributed by atoms with Gasteiger partial charge in [-0.25, -0.2) is 0 Å². The van der Waals surface area contributed by atoms with Crippen molar-refractivity contribution in [3.63, 3.8) is 0 Å². The lowest BCUT2D eigenvalue weighted by Gasteiger charge is -2.22. The molecule has 2 fully saturated rings. The molecule has 2 rings (SSSR count). The molecule has 0 saturated heterocycles. The van der Waals surface area contributed by atoms with Crippen LogP contribution in [0, 0.1) is 11.3 Å². The van der Waals surface area contributed by atoms with Gasteiger partial charge in [-0.1, -0.05) is 12.8 Å². The summed E-state index contributed by atoms with van der Waals surface area (Å²) in [5.74, 6) is -0.000000000000000444. The molecule has 0 unspecified atom stereocenters. The minimum absolute atomic E-state index is 0.278. The van der Waals surface area contributed by atoms with E-state index in [0.717, 1.165) is 38.5 Å². The Hall–Kier alpha value is -0.530. The van der Waals surface area contributed by atoms with Crippen molar-refractivity contribution < 1.29 is 9.90 Å². The van der Waals surface area contributed by atoms with Crippen LogP contribution in [0.15, 0.2) is 0 Å². The van der Waals surface area contributed by atoms with E-state index in [0.29, 0.717) is 5.92 Å². The minimum atomic E-state index is -0.530. The standard InChI is InChI=1S/C9H14O2/c10-8(11)9(7-3-4-7)5-1-2-6-9/h7H,1-6H2,(H,10,11). The molecule has 0 radical (unpaired) electrons. The zero-order chi connectivity index (χ0) is 7.90. The summed E-state index contributed by atoms with van der Waals surface area (Å²) in [7, 11) is 0. The van der Waals surface area contributed by atoms with Crippen LogP contribution in [0.5, 0.6) is 0 Å². The number of hydrogen-bond acceptors (Lipinski definition) is 1. The summed E-state index contributed by atoms with van der Waals surface area (Å²) in [5.41, 5.74) is -0.278. The van der Waals surface area contributed by atoms with E-state index in [1.54, 1.807) is 0 Å². The van der Waals surface area contributed by atoms with Crippen molar-refractivity contribution in [1.29, 1.82) is 0 Å². The zero-order valence-corrected chi connectivity index (χ0v) is 6.68. The summed E-state index contributed by atoms with van der Waals surface area (Å²) in [6.07, 6.45) is 6.45. The van der Waals surface area contributed by atoms with Crippen LogP contribution in [-0.4, -0.2) is 11.1 Å². The van der Waals surface area contributed by atoms with E-state index in [1.807, 2.05) is 0 Å². The van der Waals surface area contributed by atoms with Gasteiger partial charge in [-0.3, -0.25) is 4.79 Å². The number of carboxylic acid groups (broad SMARTS) is 1. The molecule has 1 N–H and O–H groups in total. The van der Waals surface area contributed by atoms with Crippen LogP contribution in [0.1, 0.15) is 38.5 Å². The quantitative estimate of drug-likeness (QED) is 0.660. The van der Waals surface area contributed by atoms with Gasteiger partial charge in [-0.15, -0.1) is 0 Å². The van der Waals surface area contributed by atoms with Crippen molar-refractivity contribution in [2.45, 2.75) is 38.5 Å². The molecule has 2 saturated carbocycles. The lowest BCUT2D eigenvalue weighted by atomic mass is 9.81. The molecule has 0 aromatic heterocycles. The molecule has 0 aromatic carbocycles. The van der Waals surface area contributed by atoms with E-state index in [9.17, 15) is 4.79 Å². The second kappa shape index (κ2) is 2.23. The summed E-state index contributed by atoms with van der Waals surface area (Å²) >= 11 is 0. The van der Waals surface area contributed by atoms with Crippen molar-refractivity contribution in [1.82, 2.24) is 0 Å². The van der Waals surface area contributed by atoms with Crippen LogP contribution >= 0.6 is 0 Å². The van der Waals surface area contributed by atoms with Gasteiger partial charge in [0.15, 0.2) is 0 Å². The molecule has 0 amide bonds. The first-order valence-corrected chi connectivity index (χ1v) is 4.49. The largest absolute Gasteiger partial charge is 0.481 e. The van der Waals surface area contributed by atoms with Crippen LogP contribution in [0.4, 0.5) is 0 Å². The smallest absolute Gasteiger partial charge is 0.309 e. The minimum Gasteiger partial charge on any atom is -0.481 e. The summed E-state index contributed by atoms with van der Waals surface area (Å²) in [5, 5.41) is 9.07. The highest BCUT2D eigenvalue weighted by Crippen LogP contribution is 2.54. The van der Waals surface area contributed by atoms with E-state index < -0.39 is 5.97 Å². The third-order valence-corrected chi connectivity index (χ3v) is 3.28. The molecular formula is C9H14O2. The summed E-state index contributed by atoms with van der Waals surface area (Å²) in [6, 6.07) is 0. The van der Waals surface area contributed by atoms with Crippen LogP contribution in [0.25, 0.3) is 0 Å². The Labute approximate surface area is 66.6 Å². The summed E-state index contributed by atoms with van der Waals surface area (Å²) in [4.78, 5) is 11.0. The van der Waals surface area contributed by atoms with Crippen molar-refractivity contribution in [3.8, 4) is 0 Å². The molecule has 0 spiro atoms. The van der Waals surface area contributed by atoms with Crippen molar-refractivity contribution in [2.24, 2.45) is 11.3 Å². The van der Waals surface area contributed by atoms with Gasteiger partial charge < -0.3 is 5.11 Å². The van der Waals surface area contributed by atoms with E-state index in [-0.39, 0.29) is 5.41 Å². The van der Waals surface area contributed by atoms with E-state index in [2.05, 4.69) is 0 Å². The fourth-order valence-electron chi connectivity index (χ4n) is 2.44. The highest BCUT2D eigenvalue weighted by atomic mass is 16.4. The van der Waals surface area contributed by atoms with Crippen LogP contribution in [-0.2, 0) is 4.79 Å². The Bertz CT molecular complexity index is 176. The molecule has 0 aliphatic heterocycles. The topological polar surface area (TPSA) is 37.3 Å². The van der Waals surface area contributed by atoms with Crippen LogP contribution in [0.2, 0.25) is 0 Å². The van der Waals surface area contributed by atoms with E-state index in [1.165, 1.54) is 0 Å². The lowest BCUT2D eigenvalue weighted by molar-refractivity contribution is -0.150. The Morgan fingerprint density at radius 2 is 1.82 bits per heavy atom. The van der Waals surface area contributed by atoms with Gasteiger partial charge in [-0.05, 0) is 31.6 Å². The zero-order valence-electron chi connectivity index (χ0n) is 6.68. The predicted octanol–water partition coefficient (Wildman–Crippen LogP) is 2.04. The first-order valence-electron chi connectivity index (χ1n) is 4.49. The second-order valence-corrected chi connectivity index (χ2v) is 3.94. The first-order chi connectivity index (χ1) is 5.26. The number of hydrogen-bond donors (Lipinski definition) is 1. The molecular weight excluding hydrogens is 140 g/mol. The molecule has 0 atom stereocenters. The molecule has 2 aliphatic rings. The van der Waals surface area contributed by atoms with Crippen LogP contribution in [0.3, 0.4) is 0 Å². The van der Waals surface area contributed by atoms with Gasteiger partial charge in [0, 0.05) is 0 Å². The molecule has 2 heteroatoms. The number of carboxylic acids is 1. The van der Waals surface area contributed by atoms with E-state index in [4.69, 9.17) is 5.11 Å². The molecule has 0 heterocycles. The molecule has 62 valence electrons. The SMILES string of the molecule is O=C(O)C1(C2CC2)CCCC1. The number of aliphatic carboxylic acids is 1. The monoisotopic (exact) mass is 154 g/mol. The van der Waals surface area contributed by atoms with Gasteiger partial charge >= 0.3 is 5.97 Å².